The molecule has 2 heterocycles. The van der Waals surface area contributed by atoms with Crippen molar-refractivity contribution in [1.29, 1.82) is 0 Å². The molecule has 6 heteroatoms. The number of rotatable bonds is 4. The average Bonchev–Trinajstić information content (AvgIpc) is 3.29. The molecule has 1 amide bonds. The van der Waals surface area contributed by atoms with Crippen LogP contribution in [-0.4, -0.2) is 22.0 Å². The van der Waals surface area contributed by atoms with Crippen LogP contribution in [0, 0.1) is 0 Å². The fourth-order valence-electron chi connectivity index (χ4n) is 2.74. The van der Waals surface area contributed by atoms with Crippen LogP contribution in [0.1, 0.15) is 21.0 Å². The van der Waals surface area contributed by atoms with E-state index in [4.69, 9.17) is 9.52 Å². The lowest BCUT2D eigenvalue weighted by atomic mass is 10.2. The number of carbonyl (C=O) groups is 2. The van der Waals surface area contributed by atoms with Gasteiger partial charge in [-0.3, -0.25) is 4.79 Å². The van der Waals surface area contributed by atoms with E-state index in [9.17, 15) is 9.59 Å². The van der Waals surface area contributed by atoms with Crippen molar-refractivity contribution in [3.63, 3.8) is 0 Å². The van der Waals surface area contributed by atoms with Crippen molar-refractivity contribution in [2.75, 3.05) is 5.32 Å². The Labute approximate surface area is 148 Å². The molecule has 26 heavy (non-hydrogen) atoms. The summed E-state index contributed by atoms with van der Waals surface area (Å²) in [5.41, 5.74) is 2.23. The lowest BCUT2D eigenvalue weighted by molar-refractivity contribution is 0.0691. The molecule has 4 rings (SSSR count). The van der Waals surface area contributed by atoms with Crippen molar-refractivity contribution >= 4 is 28.5 Å². The number of carboxylic acids is 1. The van der Waals surface area contributed by atoms with Crippen molar-refractivity contribution in [3.8, 4) is 11.3 Å². The molecular weight excluding hydrogens is 332 g/mol. The Morgan fingerprint density at radius 3 is 2.54 bits per heavy atom. The summed E-state index contributed by atoms with van der Waals surface area (Å²) in [6, 6.07) is 19.5. The summed E-state index contributed by atoms with van der Waals surface area (Å²) in [7, 11) is 0. The lowest BCUT2D eigenvalue weighted by Gasteiger charge is -2.03. The Morgan fingerprint density at radius 1 is 0.962 bits per heavy atom. The SMILES string of the molecule is O=C(O)c1cc2cc(NC(=O)c3ccc(-c4ccccc4)o3)ccc2[nH]1. The molecule has 0 unspecified atom stereocenters. The zero-order valence-electron chi connectivity index (χ0n) is 13.5. The predicted molar refractivity (Wildman–Crippen MR) is 97.4 cm³/mol. The van der Waals surface area contributed by atoms with Crippen molar-refractivity contribution in [1.82, 2.24) is 4.98 Å². The monoisotopic (exact) mass is 346 g/mol. The zero-order valence-corrected chi connectivity index (χ0v) is 13.5. The number of fused-ring (bicyclic) bond motifs is 1. The van der Waals surface area contributed by atoms with Crippen LogP contribution in [0.4, 0.5) is 5.69 Å². The molecule has 0 saturated heterocycles. The molecule has 128 valence electrons. The van der Waals surface area contributed by atoms with E-state index >= 15 is 0 Å². The normalized spacial score (nSPS) is 10.8. The summed E-state index contributed by atoms with van der Waals surface area (Å²) in [6.45, 7) is 0. The molecule has 0 aliphatic carbocycles. The van der Waals surface area contributed by atoms with Crippen LogP contribution in [0.25, 0.3) is 22.2 Å². The van der Waals surface area contributed by atoms with Gasteiger partial charge >= 0.3 is 5.97 Å². The second-order valence-corrected chi connectivity index (χ2v) is 5.77. The number of amides is 1. The standard InChI is InChI=1S/C20H14N2O4/c23-19(18-9-8-17(26-18)12-4-2-1-3-5-12)21-14-6-7-15-13(10-14)11-16(22-15)20(24)25/h1-11,22H,(H,21,23)(H,24,25). The molecule has 0 aliphatic rings. The number of hydrogen-bond acceptors (Lipinski definition) is 3. The van der Waals surface area contributed by atoms with Gasteiger partial charge < -0.3 is 19.8 Å². The Kier molecular flexibility index (Phi) is 3.78. The molecule has 0 bridgehead atoms. The molecule has 0 spiro atoms. The van der Waals surface area contributed by atoms with Crippen molar-refractivity contribution in [3.05, 3.63) is 78.2 Å². The molecule has 4 aromatic rings. The summed E-state index contributed by atoms with van der Waals surface area (Å²) < 4.78 is 5.63. The molecule has 0 fully saturated rings. The summed E-state index contributed by atoms with van der Waals surface area (Å²) in [4.78, 5) is 26.2. The molecule has 6 nitrogen and oxygen atoms in total. The van der Waals surface area contributed by atoms with E-state index in [1.165, 1.54) is 6.07 Å². The topological polar surface area (TPSA) is 95.3 Å². The first-order valence-electron chi connectivity index (χ1n) is 7.93. The largest absolute Gasteiger partial charge is 0.477 e. The third kappa shape index (κ3) is 2.95. The Bertz CT molecular complexity index is 1110. The van der Waals surface area contributed by atoms with Gasteiger partial charge in [-0.05, 0) is 36.4 Å². The number of carboxylic acid groups (broad SMARTS) is 1. The van der Waals surface area contributed by atoms with Gasteiger partial charge in [0.2, 0.25) is 0 Å². The molecule has 0 saturated carbocycles. The second kappa shape index (κ2) is 6.25. The van der Waals surface area contributed by atoms with Gasteiger partial charge in [-0.2, -0.15) is 0 Å². The number of benzene rings is 2. The van der Waals surface area contributed by atoms with Crippen molar-refractivity contribution in [2.45, 2.75) is 0 Å². The molecule has 2 aromatic carbocycles. The van der Waals surface area contributed by atoms with Crippen LogP contribution in [0.15, 0.2) is 71.1 Å². The van der Waals surface area contributed by atoms with Gasteiger partial charge in [0.25, 0.3) is 5.91 Å². The summed E-state index contributed by atoms with van der Waals surface area (Å²) in [6.07, 6.45) is 0. The lowest BCUT2D eigenvalue weighted by Crippen LogP contribution is -2.10. The Morgan fingerprint density at radius 2 is 1.77 bits per heavy atom. The quantitative estimate of drug-likeness (QED) is 0.511. The van der Waals surface area contributed by atoms with E-state index < -0.39 is 5.97 Å². The number of hydrogen-bond donors (Lipinski definition) is 3. The molecule has 0 radical (unpaired) electrons. The highest BCUT2D eigenvalue weighted by Gasteiger charge is 2.13. The molecule has 0 atom stereocenters. The van der Waals surface area contributed by atoms with Crippen LogP contribution in [0.3, 0.4) is 0 Å². The van der Waals surface area contributed by atoms with E-state index in [1.54, 1.807) is 30.3 Å². The van der Waals surface area contributed by atoms with Gasteiger partial charge in [0.05, 0.1) is 0 Å². The fourth-order valence-corrected chi connectivity index (χ4v) is 2.74. The molecule has 3 N–H and O–H groups in total. The number of H-pyrrole nitrogens is 1. The second-order valence-electron chi connectivity index (χ2n) is 5.77. The number of furan rings is 1. The predicted octanol–water partition coefficient (Wildman–Crippen LogP) is 4.38. The van der Waals surface area contributed by atoms with E-state index in [-0.39, 0.29) is 17.4 Å². The van der Waals surface area contributed by atoms with Gasteiger partial charge in [-0.1, -0.05) is 30.3 Å². The van der Waals surface area contributed by atoms with E-state index in [0.29, 0.717) is 22.4 Å². The number of aromatic nitrogens is 1. The number of nitrogens with one attached hydrogen (secondary N) is 2. The van der Waals surface area contributed by atoms with Gasteiger partial charge in [0.15, 0.2) is 5.76 Å². The number of aromatic amines is 1. The highest BCUT2D eigenvalue weighted by molar-refractivity contribution is 6.04. The van der Waals surface area contributed by atoms with Gasteiger partial charge in [-0.25, -0.2) is 4.79 Å². The molecule has 2 aromatic heterocycles. The van der Waals surface area contributed by atoms with Gasteiger partial charge in [-0.15, -0.1) is 0 Å². The maximum atomic E-state index is 12.4. The van der Waals surface area contributed by atoms with Crippen molar-refractivity contribution < 1.29 is 19.1 Å². The van der Waals surface area contributed by atoms with Gasteiger partial charge in [0, 0.05) is 22.2 Å². The van der Waals surface area contributed by atoms with Crippen LogP contribution >= 0.6 is 0 Å². The van der Waals surface area contributed by atoms with Crippen LogP contribution in [0.2, 0.25) is 0 Å². The Hall–Kier alpha value is -3.80. The zero-order chi connectivity index (χ0) is 18.1. The minimum absolute atomic E-state index is 0.0991. The van der Waals surface area contributed by atoms with Crippen LogP contribution in [0.5, 0.6) is 0 Å². The third-order valence-electron chi connectivity index (χ3n) is 4.00. The maximum absolute atomic E-state index is 12.4. The molecular formula is C20H14N2O4. The summed E-state index contributed by atoms with van der Waals surface area (Å²) >= 11 is 0. The highest BCUT2D eigenvalue weighted by atomic mass is 16.4. The van der Waals surface area contributed by atoms with E-state index in [1.807, 2.05) is 30.3 Å². The smallest absolute Gasteiger partial charge is 0.352 e. The fraction of sp³-hybridized carbons (Fsp3) is 0. The summed E-state index contributed by atoms with van der Waals surface area (Å²) in [5.74, 6) is -0.594. The third-order valence-corrected chi connectivity index (χ3v) is 4.00. The van der Waals surface area contributed by atoms with E-state index in [0.717, 1.165) is 5.56 Å². The maximum Gasteiger partial charge on any atom is 0.352 e. The van der Waals surface area contributed by atoms with Crippen LogP contribution < -0.4 is 5.32 Å². The van der Waals surface area contributed by atoms with Gasteiger partial charge in [0.1, 0.15) is 11.5 Å². The Balaban J connectivity index is 1.55. The number of carbonyl (C=O) groups excluding carboxylic acids is 1. The van der Waals surface area contributed by atoms with E-state index in [2.05, 4.69) is 10.3 Å². The number of aromatic carboxylic acids is 1. The first kappa shape index (κ1) is 15.7. The first-order chi connectivity index (χ1) is 12.6. The highest BCUT2D eigenvalue weighted by Crippen LogP contribution is 2.24. The molecule has 0 aliphatic heterocycles. The first-order valence-corrected chi connectivity index (χ1v) is 7.93. The minimum Gasteiger partial charge on any atom is -0.477 e. The van der Waals surface area contributed by atoms with Crippen LogP contribution in [-0.2, 0) is 0 Å². The van der Waals surface area contributed by atoms with Crippen molar-refractivity contribution in [2.24, 2.45) is 0 Å². The summed E-state index contributed by atoms with van der Waals surface area (Å²) in [5, 5.41) is 12.5. The average molecular weight is 346 g/mol. The minimum atomic E-state index is -1.03. The number of anilines is 1.